The topological polar surface area (TPSA) is 64.2 Å². The number of esters is 1. The maximum absolute atomic E-state index is 11.9. The number of fused-ring (bicyclic) bond motifs is 6. The Morgan fingerprint density at radius 3 is 2.85 bits per heavy atom. The molecular weight excluding hydrogens is 328 g/mol. The first kappa shape index (κ1) is 16.5. The third kappa shape index (κ3) is 2.63. The molecule has 4 aliphatic rings. The lowest BCUT2D eigenvalue weighted by Gasteiger charge is -2.49. The van der Waals surface area contributed by atoms with Crippen LogP contribution in [-0.4, -0.2) is 36.0 Å². The van der Waals surface area contributed by atoms with Crippen molar-refractivity contribution < 1.29 is 14.3 Å². The third-order valence-electron chi connectivity index (χ3n) is 7.57. The Bertz CT molecular complexity index is 725. The molecule has 26 heavy (non-hydrogen) atoms. The minimum atomic E-state index is -0.200. The molecule has 1 aromatic rings. The van der Waals surface area contributed by atoms with Gasteiger partial charge in [-0.05, 0) is 86.2 Å². The molecule has 6 unspecified atom stereocenters. The number of carbonyl (C=O) groups is 1. The van der Waals surface area contributed by atoms with Crippen LogP contribution in [0.15, 0.2) is 11.8 Å². The van der Waals surface area contributed by atoms with E-state index in [4.69, 9.17) is 9.47 Å². The summed E-state index contributed by atoms with van der Waals surface area (Å²) in [5, 5.41) is 7.39. The molecule has 1 heterocycles. The van der Waals surface area contributed by atoms with Gasteiger partial charge >= 0.3 is 5.97 Å². The van der Waals surface area contributed by atoms with Gasteiger partial charge in [0, 0.05) is 7.11 Å². The number of rotatable bonds is 3. The van der Waals surface area contributed by atoms with Crippen LogP contribution in [0, 0.1) is 29.6 Å². The molecule has 0 aliphatic heterocycles. The molecule has 1 aromatic heterocycles. The van der Waals surface area contributed by atoms with Crippen molar-refractivity contribution in [3.05, 3.63) is 23.0 Å². The van der Waals surface area contributed by atoms with Crippen molar-refractivity contribution >= 4 is 12.0 Å². The minimum absolute atomic E-state index is 0.0726. The Morgan fingerprint density at radius 2 is 1.96 bits per heavy atom. The zero-order chi connectivity index (χ0) is 17.7. The average molecular weight is 356 g/mol. The van der Waals surface area contributed by atoms with Crippen molar-refractivity contribution in [1.82, 2.24) is 10.2 Å². The summed E-state index contributed by atoms with van der Waals surface area (Å²) in [7, 11) is 1.55. The number of aromatic amines is 1. The maximum Gasteiger partial charge on any atom is 0.332 e. The van der Waals surface area contributed by atoms with Crippen LogP contribution in [0.1, 0.15) is 49.8 Å². The fraction of sp³-hybridized carbons (Fsp3) is 0.714. The van der Waals surface area contributed by atoms with Crippen LogP contribution >= 0.6 is 0 Å². The fourth-order valence-electron chi connectivity index (χ4n) is 6.59. The number of allylic oxidation sites excluding steroid dienone is 1. The van der Waals surface area contributed by atoms with Gasteiger partial charge in [-0.15, -0.1) is 0 Å². The highest BCUT2D eigenvalue weighted by molar-refractivity contribution is 5.70. The molecule has 5 heteroatoms. The second kappa shape index (κ2) is 6.52. The molecule has 0 amide bonds. The fourth-order valence-corrected chi connectivity index (χ4v) is 6.59. The van der Waals surface area contributed by atoms with Gasteiger partial charge in [0.2, 0.25) is 0 Å². The molecule has 0 spiro atoms. The first-order chi connectivity index (χ1) is 12.7. The van der Waals surface area contributed by atoms with E-state index in [2.05, 4.69) is 16.3 Å². The van der Waals surface area contributed by atoms with Crippen molar-refractivity contribution in [2.45, 2.75) is 51.0 Å². The van der Waals surface area contributed by atoms with Crippen LogP contribution in [0.25, 0.3) is 6.08 Å². The van der Waals surface area contributed by atoms with E-state index in [0.717, 1.165) is 30.6 Å². The Labute approximate surface area is 154 Å². The molecule has 0 radical (unpaired) electrons. The Balaban J connectivity index is 1.32. The number of ether oxygens (including phenoxy) is 2. The van der Waals surface area contributed by atoms with Gasteiger partial charge in [0.25, 0.3) is 0 Å². The first-order valence-corrected chi connectivity index (χ1v) is 10.2. The molecule has 1 N–H and O–H groups in total. The van der Waals surface area contributed by atoms with E-state index in [0.29, 0.717) is 11.8 Å². The van der Waals surface area contributed by atoms with Crippen LogP contribution in [-0.2, 0) is 20.7 Å². The molecule has 4 aliphatic carbocycles. The lowest BCUT2D eigenvalue weighted by Crippen LogP contribution is -2.43. The van der Waals surface area contributed by atoms with Crippen molar-refractivity contribution in [2.75, 3.05) is 13.7 Å². The molecule has 6 atom stereocenters. The minimum Gasteiger partial charge on any atom is -0.460 e. The SMILES string of the molecule is COCC(=O)OC1CCC2C1CCC1C3Cc4cn[nH]c4C=C3CCC12. The van der Waals surface area contributed by atoms with Crippen molar-refractivity contribution in [1.29, 1.82) is 0 Å². The van der Waals surface area contributed by atoms with Gasteiger partial charge in [0.05, 0.1) is 11.9 Å². The number of nitrogens with one attached hydrogen (secondary N) is 1. The zero-order valence-corrected chi connectivity index (χ0v) is 15.4. The number of hydrogen-bond acceptors (Lipinski definition) is 4. The molecule has 140 valence electrons. The van der Waals surface area contributed by atoms with Crippen LogP contribution in [0.4, 0.5) is 0 Å². The van der Waals surface area contributed by atoms with Crippen LogP contribution in [0.5, 0.6) is 0 Å². The monoisotopic (exact) mass is 356 g/mol. The summed E-state index contributed by atoms with van der Waals surface area (Å²) in [4.78, 5) is 11.9. The maximum atomic E-state index is 11.9. The molecule has 0 bridgehead atoms. The van der Waals surface area contributed by atoms with E-state index in [1.807, 2.05) is 6.20 Å². The summed E-state index contributed by atoms with van der Waals surface area (Å²) >= 11 is 0. The normalized spacial score (nSPS) is 37.8. The van der Waals surface area contributed by atoms with Crippen molar-refractivity contribution in [2.24, 2.45) is 29.6 Å². The lowest BCUT2D eigenvalue weighted by atomic mass is 9.56. The van der Waals surface area contributed by atoms with Crippen molar-refractivity contribution in [3.63, 3.8) is 0 Å². The van der Waals surface area contributed by atoms with Gasteiger partial charge < -0.3 is 9.47 Å². The predicted molar refractivity (Wildman–Crippen MR) is 97.2 cm³/mol. The molecule has 5 rings (SSSR count). The number of H-pyrrole nitrogens is 1. The summed E-state index contributed by atoms with van der Waals surface area (Å²) in [5.74, 6) is 3.41. The molecule has 3 fully saturated rings. The predicted octanol–water partition coefficient (Wildman–Crippen LogP) is 3.37. The van der Waals surface area contributed by atoms with E-state index in [-0.39, 0.29) is 18.7 Å². The average Bonchev–Trinajstić information content (AvgIpc) is 3.26. The summed E-state index contributed by atoms with van der Waals surface area (Å²) < 4.78 is 10.7. The summed E-state index contributed by atoms with van der Waals surface area (Å²) in [6.07, 6.45) is 12.9. The third-order valence-corrected chi connectivity index (χ3v) is 7.57. The second-order valence-corrected chi connectivity index (χ2v) is 8.65. The smallest absolute Gasteiger partial charge is 0.332 e. The van der Waals surface area contributed by atoms with Crippen LogP contribution in [0.3, 0.4) is 0 Å². The van der Waals surface area contributed by atoms with E-state index in [9.17, 15) is 4.79 Å². The standard InChI is InChI=1S/C21H28N2O3/c1-25-11-21(24)26-20-7-6-15-14-3-2-12-9-19-13(10-22-23-19)8-18(12)16(14)4-5-17(15)20/h9-10,14-18,20H,2-8,11H2,1H3,(H,22,23). The summed E-state index contributed by atoms with van der Waals surface area (Å²) in [6, 6.07) is 0. The Morgan fingerprint density at radius 1 is 1.15 bits per heavy atom. The molecule has 0 aromatic carbocycles. The number of methoxy groups -OCH3 is 1. The highest BCUT2D eigenvalue weighted by atomic mass is 16.6. The number of hydrogen-bond donors (Lipinski definition) is 1. The van der Waals surface area contributed by atoms with Crippen LogP contribution in [0.2, 0.25) is 0 Å². The second-order valence-electron chi connectivity index (χ2n) is 8.65. The van der Waals surface area contributed by atoms with Gasteiger partial charge in [-0.3, -0.25) is 5.10 Å². The van der Waals surface area contributed by atoms with Gasteiger partial charge in [0.15, 0.2) is 0 Å². The van der Waals surface area contributed by atoms with E-state index in [1.54, 1.807) is 12.7 Å². The molecular formula is C21H28N2O3. The largest absolute Gasteiger partial charge is 0.460 e. The van der Waals surface area contributed by atoms with Gasteiger partial charge in [-0.2, -0.15) is 5.10 Å². The number of carbonyl (C=O) groups excluding carboxylic acids is 1. The lowest BCUT2D eigenvalue weighted by molar-refractivity contribution is -0.156. The molecule has 0 saturated heterocycles. The van der Waals surface area contributed by atoms with E-state index >= 15 is 0 Å². The summed E-state index contributed by atoms with van der Waals surface area (Å²) in [5.41, 5.74) is 4.26. The van der Waals surface area contributed by atoms with Gasteiger partial charge in [-0.1, -0.05) is 5.57 Å². The van der Waals surface area contributed by atoms with E-state index < -0.39 is 0 Å². The zero-order valence-electron chi connectivity index (χ0n) is 15.4. The van der Waals surface area contributed by atoms with Crippen LogP contribution < -0.4 is 0 Å². The Hall–Kier alpha value is -1.62. The molecule has 5 nitrogen and oxygen atoms in total. The first-order valence-electron chi connectivity index (χ1n) is 10.2. The highest BCUT2D eigenvalue weighted by Crippen LogP contribution is 2.57. The number of nitrogens with zero attached hydrogens (tertiary/aromatic N) is 1. The van der Waals surface area contributed by atoms with Gasteiger partial charge in [-0.25, -0.2) is 4.79 Å². The Kier molecular flexibility index (Phi) is 4.15. The molecule has 3 saturated carbocycles. The quantitative estimate of drug-likeness (QED) is 0.844. The highest BCUT2D eigenvalue weighted by Gasteiger charge is 2.51. The summed E-state index contributed by atoms with van der Waals surface area (Å²) in [6.45, 7) is 0.0726. The van der Waals surface area contributed by atoms with Crippen molar-refractivity contribution in [3.8, 4) is 0 Å². The number of aromatic nitrogens is 2. The van der Waals surface area contributed by atoms with E-state index in [1.165, 1.54) is 43.4 Å². The van der Waals surface area contributed by atoms with Gasteiger partial charge in [0.1, 0.15) is 12.7 Å².